The van der Waals surface area contributed by atoms with E-state index < -0.39 is 0 Å². The van der Waals surface area contributed by atoms with Gasteiger partial charge in [-0.1, -0.05) is 41.9 Å². The summed E-state index contributed by atoms with van der Waals surface area (Å²) >= 11 is 7.71. The highest BCUT2D eigenvalue weighted by Gasteiger charge is 2.21. The first kappa shape index (κ1) is 25.4. The third kappa shape index (κ3) is 6.11. The van der Waals surface area contributed by atoms with E-state index in [0.717, 1.165) is 11.3 Å². The van der Waals surface area contributed by atoms with Crippen LogP contribution in [0.4, 0.5) is 15.8 Å². The Morgan fingerprint density at radius 2 is 1.75 bits per heavy atom. The van der Waals surface area contributed by atoms with Crippen molar-refractivity contribution in [3.8, 4) is 0 Å². The van der Waals surface area contributed by atoms with Crippen molar-refractivity contribution in [2.75, 3.05) is 24.3 Å². The van der Waals surface area contributed by atoms with Crippen molar-refractivity contribution in [3.05, 3.63) is 117 Å². The summed E-state index contributed by atoms with van der Waals surface area (Å²) in [5.41, 5.74) is 3.35. The van der Waals surface area contributed by atoms with E-state index in [9.17, 15) is 14.0 Å². The fraction of sp³-hybridized carbons (Fsp3) is 0.143. The van der Waals surface area contributed by atoms with Gasteiger partial charge in [0.25, 0.3) is 11.8 Å². The molecule has 184 valence electrons. The molecule has 0 aliphatic rings. The fourth-order valence-electron chi connectivity index (χ4n) is 3.89. The quantitative estimate of drug-likeness (QED) is 0.280. The smallest absolute Gasteiger partial charge is 0.265 e. The van der Waals surface area contributed by atoms with Gasteiger partial charge in [-0.3, -0.25) is 9.59 Å². The largest absolute Gasteiger partial charge is 0.377 e. The lowest BCUT2D eigenvalue weighted by atomic mass is 10.1. The van der Waals surface area contributed by atoms with Crippen LogP contribution in [0.2, 0.25) is 5.02 Å². The lowest BCUT2D eigenvalue weighted by molar-refractivity contribution is 0.0730. The Bertz CT molecular complexity index is 1370. The van der Waals surface area contributed by atoms with Crippen LogP contribution in [0, 0.1) is 5.82 Å². The van der Waals surface area contributed by atoms with Crippen LogP contribution in [-0.4, -0.2) is 30.8 Å². The Balaban J connectivity index is 1.69. The number of halogens is 2. The number of nitrogens with zero attached hydrogens (tertiary/aromatic N) is 2. The van der Waals surface area contributed by atoms with E-state index in [-0.39, 0.29) is 30.7 Å². The van der Waals surface area contributed by atoms with E-state index >= 15 is 0 Å². The van der Waals surface area contributed by atoms with Crippen LogP contribution in [0.1, 0.15) is 31.2 Å². The Morgan fingerprint density at radius 1 is 0.944 bits per heavy atom. The first-order chi connectivity index (χ1) is 17.3. The first-order valence-corrected chi connectivity index (χ1v) is 12.5. The number of benzene rings is 3. The van der Waals surface area contributed by atoms with E-state index in [1.165, 1.54) is 23.5 Å². The number of rotatable bonds is 8. The van der Waals surface area contributed by atoms with Crippen LogP contribution < -0.4 is 10.2 Å². The molecule has 1 N–H and O–H groups in total. The van der Waals surface area contributed by atoms with Crippen LogP contribution in [-0.2, 0) is 13.1 Å². The molecule has 2 amide bonds. The SMILES string of the molecule is CN(C)c1ccc(NC(=O)c2cccs2)cc1CN(Cc1cccc(F)c1)C(=O)c1ccccc1Cl. The number of carbonyl (C=O) groups excluding carboxylic acids is 2. The van der Waals surface area contributed by atoms with Gasteiger partial charge in [0.1, 0.15) is 5.82 Å². The summed E-state index contributed by atoms with van der Waals surface area (Å²) in [5, 5.41) is 5.12. The highest BCUT2D eigenvalue weighted by atomic mass is 35.5. The van der Waals surface area contributed by atoms with Gasteiger partial charge >= 0.3 is 0 Å². The monoisotopic (exact) mass is 521 g/mol. The maximum atomic E-state index is 13.9. The molecule has 3 aromatic carbocycles. The number of thiophene rings is 1. The van der Waals surface area contributed by atoms with Crippen molar-refractivity contribution in [2.24, 2.45) is 0 Å². The molecule has 0 aliphatic heterocycles. The molecule has 0 unspecified atom stereocenters. The van der Waals surface area contributed by atoms with Gasteiger partial charge in [0.2, 0.25) is 0 Å². The molecule has 0 radical (unpaired) electrons. The minimum atomic E-state index is -0.370. The maximum absolute atomic E-state index is 13.9. The van der Waals surface area contributed by atoms with Crippen LogP contribution in [0.3, 0.4) is 0 Å². The second kappa shape index (κ2) is 11.4. The summed E-state index contributed by atoms with van der Waals surface area (Å²) in [7, 11) is 3.82. The number of nitrogens with one attached hydrogen (secondary N) is 1. The number of amides is 2. The van der Waals surface area contributed by atoms with Crippen LogP contribution in [0.5, 0.6) is 0 Å². The van der Waals surface area contributed by atoms with E-state index in [4.69, 9.17) is 11.6 Å². The lowest BCUT2D eigenvalue weighted by Gasteiger charge is -2.27. The highest BCUT2D eigenvalue weighted by Crippen LogP contribution is 2.28. The molecule has 4 rings (SSSR count). The van der Waals surface area contributed by atoms with Crippen molar-refractivity contribution < 1.29 is 14.0 Å². The standard InChI is InChI=1S/C28H25ClFN3O2S/c1-32(2)25-13-12-22(31-27(34)26-11-6-14-36-26)16-20(25)18-33(17-19-7-5-8-21(30)15-19)28(35)23-9-3-4-10-24(23)29/h3-16H,17-18H2,1-2H3,(H,31,34). The molecule has 1 aromatic heterocycles. The third-order valence-corrected chi connectivity index (χ3v) is 6.78. The highest BCUT2D eigenvalue weighted by molar-refractivity contribution is 7.12. The molecule has 0 saturated heterocycles. The summed E-state index contributed by atoms with van der Waals surface area (Å²) in [6.07, 6.45) is 0. The second-order valence-corrected chi connectivity index (χ2v) is 9.80. The van der Waals surface area contributed by atoms with Crippen molar-refractivity contribution >= 4 is 46.1 Å². The summed E-state index contributed by atoms with van der Waals surface area (Å²) in [4.78, 5) is 30.4. The second-order valence-electron chi connectivity index (χ2n) is 8.44. The summed E-state index contributed by atoms with van der Waals surface area (Å²) < 4.78 is 13.9. The minimum Gasteiger partial charge on any atom is -0.377 e. The van der Waals surface area contributed by atoms with Gasteiger partial charge in [-0.15, -0.1) is 11.3 Å². The van der Waals surface area contributed by atoms with E-state index in [1.54, 1.807) is 47.4 Å². The topological polar surface area (TPSA) is 52.7 Å². The number of carbonyl (C=O) groups is 2. The molecular weight excluding hydrogens is 497 g/mol. The van der Waals surface area contributed by atoms with Gasteiger partial charge < -0.3 is 15.1 Å². The molecule has 36 heavy (non-hydrogen) atoms. The van der Waals surface area contributed by atoms with Gasteiger partial charge in [-0.05, 0) is 65.0 Å². The predicted molar refractivity (Wildman–Crippen MR) is 144 cm³/mol. The third-order valence-electron chi connectivity index (χ3n) is 5.58. The van der Waals surface area contributed by atoms with Gasteiger partial charge in [0, 0.05) is 38.6 Å². The van der Waals surface area contributed by atoms with Crippen LogP contribution in [0.25, 0.3) is 0 Å². The number of anilines is 2. The molecule has 5 nitrogen and oxygen atoms in total. The predicted octanol–water partition coefficient (Wildman–Crippen LogP) is 6.70. The van der Waals surface area contributed by atoms with Gasteiger partial charge in [-0.2, -0.15) is 0 Å². The fourth-order valence-corrected chi connectivity index (χ4v) is 4.73. The van der Waals surface area contributed by atoms with Crippen molar-refractivity contribution in [2.45, 2.75) is 13.1 Å². The normalized spacial score (nSPS) is 10.7. The maximum Gasteiger partial charge on any atom is 0.265 e. The minimum absolute atomic E-state index is 0.181. The Labute approximate surface area is 218 Å². The molecule has 0 saturated carbocycles. The molecule has 4 aromatic rings. The van der Waals surface area contributed by atoms with E-state index in [2.05, 4.69) is 5.32 Å². The van der Waals surface area contributed by atoms with Crippen molar-refractivity contribution in [3.63, 3.8) is 0 Å². The average Bonchev–Trinajstić information content (AvgIpc) is 3.39. The lowest BCUT2D eigenvalue weighted by Crippen LogP contribution is -2.31. The molecule has 0 spiro atoms. The summed E-state index contributed by atoms with van der Waals surface area (Å²) in [6.45, 7) is 0.400. The Kier molecular flexibility index (Phi) is 8.03. The molecular formula is C28H25ClFN3O2S. The summed E-state index contributed by atoms with van der Waals surface area (Å²) in [5.74, 6) is -0.843. The van der Waals surface area contributed by atoms with Crippen LogP contribution >= 0.6 is 22.9 Å². The van der Waals surface area contributed by atoms with Crippen molar-refractivity contribution in [1.29, 1.82) is 0 Å². The molecule has 1 heterocycles. The van der Waals surface area contributed by atoms with Gasteiger partial charge in [-0.25, -0.2) is 4.39 Å². The average molecular weight is 522 g/mol. The number of hydrogen-bond acceptors (Lipinski definition) is 4. The zero-order valence-corrected chi connectivity index (χ0v) is 21.4. The molecule has 0 aliphatic carbocycles. The van der Waals surface area contributed by atoms with E-state index in [1.807, 2.05) is 48.6 Å². The van der Waals surface area contributed by atoms with Crippen molar-refractivity contribution in [1.82, 2.24) is 4.90 Å². The zero-order valence-electron chi connectivity index (χ0n) is 19.9. The molecule has 0 atom stereocenters. The number of hydrogen-bond donors (Lipinski definition) is 1. The first-order valence-electron chi connectivity index (χ1n) is 11.2. The molecule has 0 fully saturated rings. The zero-order chi connectivity index (χ0) is 25.7. The van der Waals surface area contributed by atoms with E-state index in [0.29, 0.717) is 26.7 Å². The van der Waals surface area contributed by atoms with Gasteiger partial charge in [0.15, 0.2) is 0 Å². The Morgan fingerprint density at radius 3 is 2.44 bits per heavy atom. The Hall–Kier alpha value is -3.68. The summed E-state index contributed by atoms with van der Waals surface area (Å²) in [6, 6.07) is 22.2. The molecule has 8 heteroatoms. The molecule has 0 bridgehead atoms. The van der Waals surface area contributed by atoms with Crippen LogP contribution in [0.15, 0.2) is 84.2 Å². The van der Waals surface area contributed by atoms with Gasteiger partial charge in [0.05, 0.1) is 15.5 Å².